The quantitative estimate of drug-likeness (QED) is 0.466. The molecule has 2 aromatic carbocycles. The van der Waals surface area contributed by atoms with E-state index in [1.54, 1.807) is 24.4 Å². The van der Waals surface area contributed by atoms with Crippen LogP contribution in [0.2, 0.25) is 5.02 Å². The van der Waals surface area contributed by atoms with Gasteiger partial charge in [-0.2, -0.15) is 0 Å². The number of rotatable bonds is 3. The molecule has 0 fully saturated rings. The summed E-state index contributed by atoms with van der Waals surface area (Å²) in [7, 11) is 0. The summed E-state index contributed by atoms with van der Waals surface area (Å²) in [5, 5.41) is 3.92. The van der Waals surface area contributed by atoms with Gasteiger partial charge in [-0.05, 0) is 24.3 Å². The lowest BCUT2D eigenvalue weighted by Crippen LogP contribution is -2.14. The van der Waals surface area contributed by atoms with Crippen LogP contribution in [0.25, 0.3) is 22.2 Å². The molecule has 0 bridgehead atoms. The lowest BCUT2D eigenvalue weighted by Gasteiger charge is -2.11. The highest BCUT2D eigenvalue weighted by molar-refractivity contribution is 9.10. The van der Waals surface area contributed by atoms with Crippen molar-refractivity contribution in [2.45, 2.75) is 0 Å². The number of amides is 1. The number of halogens is 2. The summed E-state index contributed by atoms with van der Waals surface area (Å²) >= 11 is 9.83. The minimum atomic E-state index is -0.304. The number of hydrogen-bond donors (Lipinski definition) is 1. The largest absolute Gasteiger partial charge is 0.305 e. The molecule has 0 aliphatic rings. The third-order valence-corrected chi connectivity index (χ3v) is 4.76. The van der Waals surface area contributed by atoms with E-state index in [-0.39, 0.29) is 5.91 Å². The number of fused-ring (bicyclic) bond motifs is 1. The van der Waals surface area contributed by atoms with E-state index in [9.17, 15) is 4.79 Å². The van der Waals surface area contributed by atoms with Crippen molar-refractivity contribution in [3.63, 3.8) is 0 Å². The lowest BCUT2D eigenvalue weighted by atomic mass is 10.0. The van der Waals surface area contributed by atoms with Gasteiger partial charge in [-0.1, -0.05) is 51.8 Å². The van der Waals surface area contributed by atoms with E-state index in [0.717, 1.165) is 10.0 Å². The number of nitrogens with one attached hydrogen (secondary N) is 1. The summed E-state index contributed by atoms with van der Waals surface area (Å²) in [6.45, 7) is 0. The molecule has 132 valence electrons. The molecule has 0 aliphatic heterocycles. The molecule has 1 N–H and O–H groups in total. The average Bonchev–Trinajstić information content (AvgIpc) is 2.68. The van der Waals surface area contributed by atoms with Crippen LogP contribution in [0.5, 0.6) is 0 Å². The number of benzene rings is 2. The van der Waals surface area contributed by atoms with Gasteiger partial charge >= 0.3 is 0 Å². The van der Waals surface area contributed by atoms with Crippen LogP contribution in [0, 0.1) is 0 Å². The van der Waals surface area contributed by atoms with Crippen molar-refractivity contribution < 1.29 is 4.79 Å². The average molecular weight is 440 g/mol. The fraction of sp³-hybridized carbons (Fsp3) is 0. The van der Waals surface area contributed by atoms with E-state index in [0.29, 0.717) is 33.0 Å². The molecule has 4 rings (SSSR count). The molecule has 27 heavy (non-hydrogen) atoms. The van der Waals surface area contributed by atoms with Crippen molar-refractivity contribution in [2.24, 2.45) is 0 Å². The molecule has 0 unspecified atom stereocenters. The normalized spacial score (nSPS) is 10.7. The van der Waals surface area contributed by atoms with Gasteiger partial charge in [0.2, 0.25) is 0 Å². The van der Waals surface area contributed by atoms with Gasteiger partial charge in [0.1, 0.15) is 0 Å². The topological polar surface area (TPSA) is 67.8 Å². The van der Waals surface area contributed by atoms with Crippen LogP contribution in [0.4, 0.5) is 5.82 Å². The number of anilines is 1. The second kappa shape index (κ2) is 7.42. The maximum absolute atomic E-state index is 12.9. The predicted molar refractivity (Wildman–Crippen MR) is 110 cm³/mol. The Morgan fingerprint density at radius 1 is 1.07 bits per heavy atom. The maximum Gasteiger partial charge on any atom is 0.257 e. The first-order chi connectivity index (χ1) is 13.1. The van der Waals surface area contributed by atoms with Gasteiger partial charge in [-0.25, -0.2) is 9.97 Å². The van der Waals surface area contributed by atoms with Gasteiger partial charge in [0.15, 0.2) is 5.82 Å². The van der Waals surface area contributed by atoms with Crippen LogP contribution in [0.1, 0.15) is 10.4 Å². The first kappa shape index (κ1) is 17.6. The van der Waals surface area contributed by atoms with Gasteiger partial charge in [-0.3, -0.25) is 9.78 Å². The van der Waals surface area contributed by atoms with E-state index in [1.165, 1.54) is 12.4 Å². The molecule has 2 heterocycles. The number of carbonyl (C=O) groups is 1. The fourth-order valence-electron chi connectivity index (χ4n) is 2.74. The van der Waals surface area contributed by atoms with Crippen LogP contribution in [0.15, 0.2) is 71.6 Å². The molecule has 0 atom stereocenters. The van der Waals surface area contributed by atoms with Crippen LogP contribution < -0.4 is 5.32 Å². The Morgan fingerprint density at radius 3 is 2.70 bits per heavy atom. The lowest BCUT2D eigenvalue weighted by molar-refractivity contribution is 0.102. The summed E-state index contributed by atoms with van der Waals surface area (Å²) in [6, 6.07) is 14.8. The Hall–Kier alpha value is -2.83. The van der Waals surface area contributed by atoms with E-state index < -0.39 is 0 Å². The van der Waals surface area contributed by atoms with Gasteiger partial charge in [-0.15, -0.1) is 0 Å². The molecule has 4 aromatic rings. The minimum absolute atomic E-state index is 0.304. The third kappa shape index (κ3) is 3.67. The zero-order valence-corrected chi connectivity index (χ0v) is 16.2. The Labute approximate surface area is 168 Å². The predicted octanol–water partition coefficient (Wildman–Crippen LogP) is 5.36. The highest BCUT2D eigenvalue weighted by atomic mass is 79.9. The highest BCUT2D eigenvalue weighted by Crippen LogP contribution is 2.30. The van der Waals surface area contributed by atoms with E-state index >= 15 is 0 Å². The monoisotopic (exact) mass is 438 g/mol. The first-order valence-electron chi connectivity index (χ1n) is 8.04. The number of carbonyl (C=O) groups excluding carboxylic acids is 1. The molecule has 0 spiro atoms. The Bertz CT molecular complexity index is 1150. The molecule has 0 saturated carbocycles. The first-order valence-corrected chi connectivity index (χ1v) is 9.21. The fourth-order valence-corrected chi connectivity index (χ4v) is 3.36. The third-order valence-electron chi connectivity index (χ3n) is 3.96. The molecule has 2 aromatic heterocycles. The van der Waals surface area contributed by atoms with Crippen LogP contribution >= 0.6 is 27.5 Å². The van der Waals surface area contributed by atoms with E-state index in [2.05, 4.69) is 36.2 Å². The number of para-hydroxylation sites is 1. The van der Waals surface area contributed by atoms with Crippen LogP contribution in [-0.4, -0.2) is 20.9 Å². The van der Waals surface area contributed by atoms with Crippen LogP contribution in [0.3, 0.4) is 0 Å². The van der Waals surface area contributed by atoms with Gasteiger partial charge in [0, 0.05) is 27.8 Å². The zero-order valence-electron chi connectivity index (χ0n) is 13.9. The summed E-state index contributed by atoms with van der Waals surface area (Å²) in [5.74, 6) is 0.0694. The molecule has 1 amide bonds. The Balaban J connectivity index is 1.88. The number of pyridine rings is 1. The molecule has 0 aliphatic carbocycles. The zero-order chi connectivity index (χ0) is 18.8. The smallest absolute Gasteiger partial charge is 0.257 e. The maximum atomic E-state index is 12.9. The van der Waals surface area contributed by atoms with E-state index in [4.69, 9.17) is 11.6 Å². The van der Waals surface area contributed by atoms with E-state index in [1.807, 2.05) is 30.3 Å². The SMILES string of the molecule is O=C(Nc1cnccn1)c1cc(-c2cccc(Br)c2)nc2c(Cl)cccc12. The summed E-state index contributed by atoms with van der Waals surface area (Å²) in [4.78, 5) is 25.7. The Morgan fingerprint density at radius 2 is 1.93 bits per heavy atom. The molecular weight excluding hydrogens is 428 g/mol. The van der Waals surface area contributed by atoms with Crippen molar-refractivity contribution >= 4 is 50.2 Å². The molecule has 0 saturated heterocycles. The number of hydrogen-bond acceptors (Lipinski definition) is 4. The Kier molecular flexibility index (Phi) is 4.83. The van der Waals surface area contributed by atoms with Gasteiger partial charge in [0.05, 0.1) is 28.0 Å². The van der Waals surface area contributed by atoms with Crippen molar-refractivity contribution in [3.8, 4) is 11.3 Å². The van der Waals surface area contributed by atoms with Crippen molar-refractivity contribution in [1.29, 1.82) is 0 Å². The summed E-state index contributed by atoms with van der Waals surface area (Å²) < 4.78 is 0.923. The second-order valence-corrected chi connectivity index (χ2v) is 7.07. The summed E-state index contributed by atoms with van der Waals surface area (Å²) in [6.07, 6.45) is 4.55. The molecule has 0 radical (unpaired) electrons. The molecular formula is C20H12BrClN4O. The minimum Gasteiger partial charge on any atom is -0.305 e. The van der Waals surface area contributed by atoms with Crippen molar-refractivity contribution in [3.05, 3.63) is 82.2 Å². The summed E-state index contributed by atoms with van der Waals surface area (Å²) in [5.41, 5.74) is 2.56. The van der Waals surface area contributed by atoms with Gasteiger partial charge in [0.25, 0.3) is 5.91 Å². The molecule has 7 heteroatoms. The number of aromatic nitrogens is 3. The molecule has 5 nitrogen and oxygen atoms in total. The van der Waals surface area contributed by atoms with Crippen LogP contribution in [-0.2, 0) is 0 Å². The number of nitrogens with zero attached hydrogens (tertiary/aromatic N) is 3. The second-order valence-electron chi connectivity index (χ2n) is 5.75. The van der Waals surface area contributed by atoms with Crippen molar-refractivity contribution in [1.82, 2.24) is 15.0 Å². The standard InChI is InChI=1S/C20H12BrClN4O/c21-13-4-1-3-12(9-13)17-10-15(14-5-2-6-16(22)19(14)25-17)20(27)26-18-11-23-7-8-24-18/h1-11H,(H,24,26,27). The highest BCUT2D eigenvalue weighted by Gasteiger charge is 2.16. The van der Waals surface area contributed by atoms with Gasteiger partial charge < -0.3 is 5.32 Å². The van der Waals surface area contributed by atoms with Crippen molar-refractivity contribution in [2.75, 3.05) is 5.32 Å².